The Hall–Kier alpha value is -1.64. The molecule has 0 aliphatic heterocycles. The Morgan fingerprint density at radius 2 is 2.50 bits per heavy atom. The first-order valence-electron chi connectivity index (χ1n) is 3.53. The van der Waals surface area contributed by atoms with E-state index in [0.717, 1.165) is 6.26 Å². The van der Waals surface area contributed by atoms with E-state index in [1.165, 1.54) is 0 Å². The zero-order valence-corrected chi connectivity index (χ0v) is 6.56. The van der Waals surface area contributed by atoms with Gasteiger partial charge in [0.05, 0.1) is 18.4 Å². The molecule has 1 aromatic rings. The van der Waals surface area contributed by atoms with Crippen LogP contribution in [0.5, 0.6) is 0 Å². The molecule has 0 saturated carbocycles. The number of pyridine rings is 1. The van der Waals surface area contributed by atoms with Crippen molar-refractivity contribution >= 4 is 5.97 Å². The average Bonchev–Trinajstić information content (AvgIpc) is 2.06. The maximum Gasteiger partial charge on any atom is 0.316 e. The molecule has 0 radical (unpaired) electrons. The normalized spacial score (nSPS) is 9.00. The summed E-state index contributed by atoms with van der Waals surface area (Å²) in [5.41, 5.74) is 0.698. The first-order chi connectivity index (χ1) is 5.83. The van der Waals surface area contributed by atoms with Crippen LogP contribution in [0.1, 0.15) is 5.69 Å². The molecule has 0 aliphatic carbocycles. The quantitative estimate of drug-likeness (QED) is 0.498. The van der Waals surface area contributed by atoms with Gasteiger partial charge in [0.2, 0.25) is 0 Å². The minimum atomic E-state index is -0.344. The molecule has 0 amide bonds. The van der Waals surface area contributed by atoms with Crippen molar-refractivity contribution in [1.29, 1.82) is 0 Å². The number of ether oxygens (including phenoxy) is 1. The van der Waals surface area contributed by atoms with Crippen LogP contribution in [0.3, 0.4) is 0 Å². The predicted octanol–water partition coefficient (Wildman–Crippen LogP) is 1.31. The standard InChI is InChI=1S/C9H9NO2/c1-2-12-9(11)7-8-5-3-4-6-10-8/h2-6H,1,7H2. The molecule has 3 heteroatoms. The molecule has 0 fully saturated rings. The summed E-state index contributed by atoms with van der Waals surface area (Å²) in [5, 5.41) is 0. The van der Waals surface area contributed by atoms with Gasteiger partial charge in [-0.2, -0.15) is 0 Å². The molecule has 0 saturated heterocycles. The van der Waals surface area contributed by atoms with Gasteiger partial charge in [-0.15, -0.1) is 0 Å². The number of hydrogen-bond acceptors (Lipinski definition) is 3. The summed E-state index contributed by atoms with van der Waals surface area (Å²) >= 11 is 0. The van der Waals surface area contributed by atoms with E-state index in [-0.39, 0.29) is 12.4 Å². The van der Waals surface area contributed by atoms with Gasteiger partial charge < -0.3 is 4.74 Å². The maximum atomic E-state index is 10.9. The van der Waals surface area contributed by atoms with Crippen molar-refractivity contribution in [1.82, 2.24) is 4.98 Å². The Kier molecular flexibility index (Phi) is 3.02. The van der Waals surface area contributed by atoms with E-state index in [1.807, 2.05) is 6.07 Å². The summed E-state index contributed by atoms with van der Waals surface area (Å²) in [6.45, 7) is 3.28. The second-order valence-electron chi connectivity index (χ2n) is 2.15. The second kappa shape index (κ2) is 4.28. The minimum Gasteiger partial charge on any atom is -0.435 e. The lowest BCUT2D eigenvalue weighted by Gasteiger charge is -1.97. The van der Waals surface area contributed by atoms with Crippen LogP contribution in [0, 0.1) is 0 Å². The first-order valence-corrected chi connectivity index (χ1v) is 3.53. The van der Waals surface area contributed by atoms with Crippen molar-refractivity contribution in [3.05, 3.63) is 42.9 Å². The van der Waals surface area contributed by atoms with Crippen LogP contribution >= 0.6 is 0 Å². The Morgan fingerprint density at radius 3 is 3.08 bits per heavy atom. The van der Waals surface area contributed by atoms with Crippen LogP contribution in [0.15, 0.2) is 37.2 Å². The number of carbonyl (C=O) groups excluding carboxylic acids is 1. The monoisotopic (exact) mass is 163 g/mol. The van der Waals surface area contributed by atoms with Crippen molar-refractivity contribution in [2.75, 3.05) is 0 Å². The lowest BCUT2D eigenvalue weighted by Crippen LogP contribution is -2.04. The molecule has 3 nitrogen and oxygen atoms in total. The molecule has 1 heterocycles. The molecular formula is C9H9NO2. The van der Waals surface area contributed by atoms with Crippen molar-refractivity contribution in [2.45, 2.75) is 6.42 Å². The lowest BCUT2D eigenvalue weighted by molar-refractivity contribution is -0.137. The fourth-order valence-electron chi connectivity index (χ4n) is 0.785. The zero-order chi connectivity index (χ0) is 8.81. The van der Waals surface area contributed by atoms with E-state index in [9.17, 15) is 4.79 Å². The van der Waals surface area contributed by atoms with Gasteiger partial charge in [0.1, 0.15) is 0 Å². The fourth-order valence-corrected chi connectivity index (χ4v) is 0.785. The second-order valence-corrected chi connectivity index (χ2v) is 2.15. The molecule has 1 aromatic heterocycles. The van der Waals surface area contributed by atoms with Crippen molar-refractivity contribution in [3.63, 3.8) is 0 Å². The van der Waals surface area contributed by atoms with Gasteiger partial charge in [-0.3, -0.25) is 9.78 Å². The van der Waals surface area contributed by atoms with Gasteiger partial charge >= 0.3 is 5.97 Å². The minimum absolute atomic E-state index is 0.187. The third kappa shape index (κ3) is 2.54. The van der Waals surface area contributed by atoms with Crippen LogP contribution in [-0.2, 0) is 16.0 Å². The number of esters is 1. The zero-order valence-electron chi connectivity index (χ0n) is 6.56. The highest BCUT2D eigenvalue weighted by Crippen LogP contribution is 1.96. The van der Waals surface area contributed by atoms with E-state index < -0.39 is 0 Å². The molecule has 0 aromatic carbocycles. The summed E-state index contributed by atoms with van der Waals surface area (Å²) in [6.07, 6.45) is 2.94. The predicted molar refractivity (Wildman–Crippen MR) is 44.2 cm³/mol. The lowest BCUT2D eigenvalue weighted by atomic mass is 10.3. The van der Waals surface area contributed by atoms with Crippen molar-refractivity contribution in [3.8, 4) is 0 Å². The Balaban J connectivity index is 2.52. The molecule has 0 bridgehead atoms. The summed E-state index contributed by atoms with van der Waals surface area (Å²) < 4.78 is 4.53. The molecule has 0 N–H and O–H groups in total. The third-order valence-electron chi connectivity index (χ3n) is 1.27. The molecular weight excluding hydrogens is 154 g/mol. The number of aromatic nitrogens is 1. The Bertz CT molecular complexity index is 269. The maximum absolute atomic E-state index is 10.9. The van der Waals surface area contributed by atoms with E-state index in [2.05, 4.69) is 16.3 Å². The molecule has 1 rings (SSSR count). The summed E-state index contributed by atoms with van der Waals surface area (Å²) in [4.78, 5) is 14.8. The van der Waals surface area contributed by atoms with Crippen molar-refractivity contribution in [2.24, 2.45) is 0 Å². The topological polar surface area (TPSA) is 39.2 Å². The average molecular weight is 163 g/mol. The smallest absolute Gasteiger partial charge is 0.316 e. The number of hydrogen-bond donors (Lipinski definition) is 0. The molecule has 12 heavy (non-hydrogen) atoms. The summed E-state index contributed by atoms with van der Waals surface area (Å²) in [7, 11) is 0. The Morgan fingerprint density at radius 1 is 1.67 bits per heavy atom. The van der Waals surface area contributed by atoms with Gasteiger partial charge in [0, 0.05) is 6.20 Å². The van der Waals surface area contributed by atoms with Gasteiger partial charge in [-0.25, -0.2) is 0 Å². The van der Waals surface area contributed by atoms with Crippen LogP contribution in [0.4, 0.5) is 0 Å². The highest BCUT2D eigenvalue weighted by atomic mass is 16.5. The van der Waals surface area contributed by atoms with E-state index >= 15 is 0 Å². The molecule has 0 unspecified atom stereocenters. The fraction of sp³-hybridized carbons (Fsp3) is 0.111. The van der Waals surface area contributed by atoms with Gasteiger partial charge in [-0.1, -0.05) is 12.6 Å². The van der Waals surface area contributed by atoms with Crippen LogP contribution in [0.25, 0.3) is 0 Å². The van der Waals surface area contributed by atoms with Gasteiger partial charge in [0.25, 0.3) is 0 Å². The van der Waals surface area contributed by atoms with Crippen LogP contribution in [0.2, 0.25) is 0 Å². The largest absolute Gasteiger partial charge is 0.435 e. The van der Waals surface area contributed by atoms with Gasteiger partial charge in [0.15, 0.2) is 0 Å². The van der Waals surface area contributed by atoms with E-state index in [4.69, 9.17) is 0 Å². The number of nitrogens with zero attached hydrogens (tertiary/aromatic N) is 1. The van der Waals surface area contributed by atoms with Crippen molar-refractivity contribution < 1.29 is 9.53 Å². The highest BCUT2D eigenvalue weighted by molar-refractivity contribution is 5.72. The number of carbonyl (C=O) groups is 1. The van der Waals surface area contributed by atoms with E-state index in [1.54, 1.807) is 18.3 Å². The summed E-state index contributed by atoms with van der Waals surface area (Å²) in [5.74, 6) is -0.344. The van der Waals surface area contributed by atoms with Gasteiger partial charge in [-0.05, 0) is 12.1 Å². The Labute approximate surface area is 70.7 Å². The molecule has 0 aliphatic rings. The van der Waals surface area contributed by atoms with Crippen LogP contribution in [-0.4, -0.2) is 11.0 Å². The van der Waals surface area contributed by atoms with Crippen LogP contribution < -0.4 is 0 Å². The van der Waals surface area contributed by atoms with E-state index in [0.29, 0.717) is 5.69 Å². The number of rotatable bonds is 3. The highest BCUT2D eigenvalue weighted by Gasteiger charge is 2.02. The SMILES string of the molecule is C=COC(=O)Cc1ccccn1. The molecule has 0 spiro atoms. The molecule has 62 valence electrons. The summed E-state index contributed by atoms with van der Waals surface area (Å²) in [6, 6.07) is 5.39. The molecule has 0 atom stereocenters. The third-order valence-corrected chi connectivity index (χ3v) is 1.27. The first kappa shape index (κ1) is 8.46.